The first-order chi connectivity index (χ1) is 23.5. The SMILES string of the molecule is CC1(C)c2ccc(-c3nc(-c4ccc(-c5ccccc5)cc4)cc(-c4ccc(-c5ccccc5)cc4)n3)cc2Sc2cccc(C#N)c21. The third-order valence-electron chi connectivity index (χ3n) is 9.21. The van der Waals surface area contributed by atoms with Crippen molar-refractivity contribution in [2.45, 2.75) is 29.1 Å². The van der Waals surface area contributed by atoms with Crippen LogP contribution >= 0.6 is 11.8 Å². The molecule has 0 saturated heterocycles. The standard InChI is InChI=1S/C44H31N3S/c1-44(2)37-25-24-35(26-41(37)48-40-15-9-14-36(28-45)42(40)44)43-46-38(33-20-16-31(17-21-33)29-10-5-3-6-11-29)27-39(47-43)34-22-18-32(19-23-34)30-12-7-4-8-13-30/h3-27H,1-2H3. The van der Waals surface area contributed by atoms with Gasteiger partial charge in [-0.3, -0.25) is 0 Å². The molecule has 2 heterocycles. The van der Waals surface area contributed by atoms with Crippen LogP contribution in [0.2, 0.25) is 0 Å². The number of nitrogens with zero attached hydrogens (tertiary/aromatic N) is 3. The molecule has 0 amide bonds. The number of hydrogen-bond acceptors (Lipinski definition) is 4. The zero-order chi connectivity index (χ0) is 32.7. The van der Waals surface area contributed by atoms with Gasteiger partial charge in [-0.15, -0.1) is 0 Å². The van der Waals surface area contributed by atoms with Gasteiger partial charge in [0.1, 0.15) is 0 Å². The van der Waals surface area contributed by atoms with E-state index in [4.69, 9.17) is 9.97 Å². The second kappa shape index (κ2) is 12.1. The molecular formula is C44H31N3S. The molecule has 3 nitrogen and oxygen atoms in total. The van der Waals surface area contributed by atoms with E-state index in [0.717, 1.165) is 49.0 Å². The molecular weight excluding hydrogens is 603 g/mol. The van der Waals surface area contributed by atoms with Gasteiger partial charge in [0.2, 0.25) is 0 Å². The van der Waals surface area contributed by atoms with Gasteiger partial charge in [-0.2, -0.15) is 5.26 Å². The van der Waals surface area contributed by atoms with Gasteiger partial charge in [0.25, 0.3) is 0 Å². The van der Waals surface area contributed by atoms with E-state index < -0.39 is 0 Å². The average molecular weight is 634 g/mol. The molecule has 8 rings (SSSR count). The van der Waals surface area contributed by atoms with Gasteiger partial charge in [0, 0.05) is 31.9 Å². The predicted octanol–water partition coefficient (Wildman–Crippen LogP) is 11.5. The maximum absolute atomic E-state index is 9.88. The van der Waals surface area contributed by atoms with Crippen LogP contribution in [0, 0.1) is 11.3 Å². The highest BCUT2D eigenvalue weighted by atomic mass is 32.2. The highest BCUT2D eigenvalue weighted by Crippen LogP contribution is 2.51. The number of nitriles is 1. The van der Waals surface area contributed by atoms with Crippen LogP contribution in [0.3, 0.4) is 0 Å². The van der Waals surface area contributed by atoms with Crippen LogP contribution in [0.1, 0.15) is 30.5 Å². The van der Waals surface area contributed by atoms with E-state index in [2.05, 4.69) is 147 Å². The van der Waals surface area contributed by atoms with Gasteiger partial charge in [-0.25, -0.2) is 9.97 Å². The highest BCUT2D eigenvalue weighted by Gasteiger charge is 2.35. The summed E-state index contributed by atoms with van der Waals surface area (Å²) in [6.45, 7) is 4.41. The lowest BCUT2D eigenvalue weighted by Gasteiger charge is -2.35. The van der Waals surface area contributed by atoms with E-state index in [9.17, 15) is 5.26 Å². The van der Waals surface area contributed by atoms with Crippen molar-refractivity contribution < 1.29 is 0 Å². The summed E-state index contributed by atoms with van der Waals surface area (Å²) in [6.07, 6.45) is 0. The molecule has 6 aromatic carbocycles. The van der Waals surface area contributed by atoms with E-state index in [1.54, 1.807) is 11.8 Å². The van der Waals surface area contributed by atoms with Crippen LogP contribution < -0.4 is 0 Å². The Morgan fingerprint density at radius 3 is 1.54 bits per heavy atom. The van der Waals surface area contributed by atoms with Crippen molar-refractivity contribution in [3.63, 3.8) is 0 Å². The zero-order valence-corrected chi connectivity index (χ0v) is 27.5. The lowest BCUT2D eigenvalue weighted by molar-refractivity contribution is 0.605. The fourth-order valence-electron chi connectivity index (χ4n) is 6.67. The van der Waals surface area contributed by atoms with Gasteiger partial charge < -0.3 is 0 Å². The van der Waals surface area contributed by atoms with Crippen LogP contribution in [0.25, 0.3) is 56.2 Å². The highest BCUT2D eigenvalue weighted by molar-refractivity contribution is 7.99. The van der Waals surface area contributed by atoms with Crippen LogP contribution in [-0.4, -0.2) is 9.97 Å². The molecule has 0 unspecified atom stereocenters. The molecule has 48 heavy (non-hydrogen) atoms. The second-order valence-corrected chi connectivity index (χ2v) is 13.7. The van der Waals surface area contributed by atoms with Crippen molar-refractivity contribution in [2.24, 2.45) is 0 Å². The van der Waals surface area contributed by atoms with Gasteiger partial charge in [-0.1, -0.05) is 153 Å². The summed E-state index contributed by atoms with van der Waals surface area (Å²) < 4.78 is 0. The number of rotatable bonds is 5. The first-order valence-electron chi connectivity index (χ1n) is 16.0. The summed E-state index contributed by atoms with van der Waals surface area (Å²) in [5.74, 6) is 0.680. The first kappa shape index (κ1) is 29.6. The minimum atomic E-state index is -0.310. The Hall–Kier alpha value is -5.76. The molecule has 7 aromatic rings. The van der Waals surface area contributed by atoms with Crippen LogP contribution in [0.4, 0.5) is 0 Å². The van der Waals surface area contributed by atoms with Gasteiger partial charge in [-0.05, 0) is 57.6 Å². The lowest BCUT2D eigenvalue weighted by Crippen LogP contribution is -2.25. The van der Waals surface area contributed by atoms with Crippen molar-refractivity contribution in [3.8, 4) is 62.2 Å². The Balaban J connectivity index is 1.23. The molecule has 0 fully saturated rings. The van der Waals surface area contributed by atoms with E-state index in [1.165, 1.54) is 27.8 Å². The Morgan fingerprint density at radius 1 is 0.500 bits per heavy atom. The molecule has 1 aromatic heterocycles. The Morgan fingerprint density at radius 2 is 1.00 bits per heavy atom. The zero-order valence-electron chi connectivity index (χ0n) is 26.7. The van der Waals surface area contributed by atoms with Crippen molar-refractivity contribution in [1.29, 1.82) is 5.26 Å². The lowest BCUT2D eigenvalue weighted by atomic mass is 9.75. The number of fused-ring (bicyclic) bond motifs is 2. The Bertz CT molecular complexity index is 2220. The average Bonchev–Trinajstić information content (AvgIpc) is 3.15. The molecule has 0 bridgehead atoms. The molecule has 0 spiro atoms. The quantitative estimate of drug-likeness (QED) is 0.189. The van der Waals surface area contributed by atoms with Crippen LogP contribution in [0.15, 0.2) is 161 Å². The van der Waals surface area contributed by atoms with Crippen molar-refractivity contribution in [2.75, 3.05) is 0 Å². The fourth-order valence-corrected chi connectivity index (χ4v) is 8.14. The van der Waals surface area contributed by atoms with E-state index >= 15 is 0 Å². The topological polar surface area (TPSA) is 49.6 Å². The Labute approximate surface area is 285 Å². The molecule has 0 saturated carbocycles. The van der Waals surface area contributed by atoms with Gasteiger partial charge >= 0.3 is 0 Å². The molecule has 1 aliphatic heterocycles. The summed E-state index contributed by atoms with van der Waals surface area (Å²) in [5.41, 5.74) is 12.2. The maximum atomic E-state index is 9.88. The monoisotopic (exact) mass is 633 g/mol. The summed E-state index contributed by atoms with van der Waals surface area (Å²) in [4.78, 5) is 12.6. The van der Waals surface area contributed by atoms with Crippen molar-refractivity contribution in [1.82, 2.24) is 9.97 Å². The summed E-state index contributed by atoms with van der Waals surface area (Å²) in [7, 11) is 0. The summed E-state index contributed by atoms with van der Waals surface area (Å²) in [6, 6.07) is 55.1. The van der Waals surface area contributed by atoms with E-state index in [0.29, 0.717) is 5.82 Å². The molecule has 0 atom stereocenters. The minimum absolute atomic E-state index is 0.310. The summed E-state index contributed by atoms with van der Waals surface area (Å²) >= 11 is 1.72. The minimum Gasteiger partial charge on any atom is -0.228 e. The van der Waals surface area contributed by atoms with Gasteiger partial charge in [0.05, 0.1) is 23.0 Å². The van der Waals surface area contributed by atoms with E-state index in [1.807, 2.05) is 24.3 Å². The predicted molar refractivity (Wildman–Crippen MR) is 197 cm³/mol. The molecule has 0 radical (unpaired) electrons. The Kier molecular flexibility index (Phi) is 7.48. The smallest absolute Gasteiger partial charge is 0.160 e. The van der Waals surface area contributed by atoms with Crippen molar-refractivity contribution >= 4 is 11.8 Å². The second-order valence-electron chi connectivity index (χ2n) is 12.6. The molecule has 0 N–H and O–H groups in total. The fraction of sp³-hybridized carbons (Fsp3) is 0.0682. The van der Waals surface area contributed by atoms with Crippen molar-refractivity contribution in [3.05, 3.63) is 168 Å². The third kappa shape index (κ3) is 5.39. The molecule has 4 heteroatoms. The van der Waals surface area contributed by atoms with Gasteiger partial charge in [0.15, 0.2) is 5.82 Å². The molecule has 0 aliphatic carbocycles. The maximum Gasteiger partial charge on any atom is 0.160 e. The number of aromatic nitrogens is 2. The normalized spacial score (nSPS) is 12.9. The largest absolute Gasteiger partial charge is 0.228 e. The molecule has 228 valence electrons. The number of benzene rings is 6. The van der Waals surface area contributed by atoms with Crippen LogP contribution in [0.5, 0.6) is 0 Å². The van der Waals surface area contributed by atoms with Crippen LogP contribution in [-0.2, 0) is 5.41 Å². The summed E-state index contributed by atoms with van der Waals surface area (Å²) in [5, 5.41) is 9.88. The molecule has 1 aliphatic rings. The third-order valence-corrected chi connectivity index (χ3v) is 10.3. The first-order valence-corrected chi connectivity index (χ1v) is 16.9. The van der Waals surface area contributed by atoms with E-state index in [-0.39, 0.29) is 5.41 Å². The number of hydrogen-bond donors (Lipinski definition) is 0.